The van der Waals surface area contributed by atoms with Crippen LogP contribution in [0.15, 0.2) is 11.5 Å². The SMILES string of the molecule is CCO/C(O)=C(\F)P(=O)(OC(C)C)OC(C)C. The Kier molecular flexibility index (Phi) is 6.75. The van der Waals surface area contributed by atoms with Gasteiger partial charge in [0.2, 0.25) is 0 Å². The van der Waals surface area contributed by atoms with Crippen LogP contribution in [0.2, 0.25) is 0 Å². The van der Waals surface area contributed by atoms with Gasteiger partial charge < -0.3 is 18.9 Å². The number of halogens is 1. The summed E-state index contributed by atoms with van der Waals surface area (Å²) in [6.45, 7) is 7.94. The zero-order valence-electron chi connectivity index (χ0n) is 10.8. The Morgan fingerprint density at radius 3 is 1.94 bits per heavy atom. The molecule has 1 N–H and O–H groups in total. The van der Waals surface area contributed by atoms with Crippen molar-refractivity contribution in [1.82, 2.24) is 0 Å². The molecule has 0 aliphatic rings. The third kappa shape index (κ3) is 5.52. The third-order valence-electron chi connectivity index (χ3n) is 1.40. The van der Waals surface area contributed by atoms with Crippen molar-refractivity contribution >= 4 is 7.60 Å². The van der Waals surface area contributed by atoms with Crippen molar-refractivity contribution in [3.8, 4) is 0 Å². The number of aliphatic hydroxyl groups excluding tert-OH is 1. The van der Waals surface area contributed by atoms with Gasteiger partial charge in [-0.2, -0.15) is 4.39 Å². The summed E-state index contributed by atoms with van der Waals surface area (Å²) >= 11 is 0. The standard InChI is InChI=1S/C10H20FO5P/c1-6-14-10(12)9(11)17(13,15-7(2)3)16-8(4)5/h7-8,12H,6H2,1-5H3/b10-9+. The average molecular weight is 270 g/mol. The van der Waals surface area contributed by atoms with Gasteiger partial charge in [-0.1, -0.05) is 0 Å². The molecule has 0 unspecified atom stereocenters. The first-order valence-electron chi connectivity index (χ1n) is 5.41. The first-order chi connectivity index (χ1) is 7.73. The summed E-state index contributed by atoms with van der Waals surface area (Å²) in [6, 6.07) is 0. The van der Waals surface area contributed by atoms with Crippen molar-refractivity contribution in [2.45, 2.75) is 46.8 Å². The summed E-state index contributed by atoms with van der Waals surface area (Å²) in [5, 5.41) is 9.23. The molecule has 0 saturated carbocycles. The van der Waals surface area contributed by atoms with Gasteiger partial charge >= 0.3 is 13.5 Å². The van der Waals surface area contributed by atoms with Crippen LogP contribution in [0.4, 0.5) is 4.39 Å². The molecular formula is C10H20FO5P. The largest absolute Gasteiger partial charge is 0.479 e. The highest BCUT2D eigenvalue weighted by molar-refractivity contribution is 7.58. The summed E-state index contributed by atoms with van der Waals surface area (Å²) in [4.78, 5) is 0. The van der Waals surface area contributed by atoms with Crippen molar-refractivity contribution in [2.24, 2.45) is 0 Å². The van der Waals surface area contributed by atoms with Gasteiger partial charge in [0.1, 0.15) is 0 Å². The Morgan fingerprint density at radius 1 is 1.24 bits per heavy atom. The highest BCUT2D eigenvalue weighted by atomic mass is 31.2. The second kappa shape index (κ2) is 6.99. The summed E-state index contributed by atoms with van der Waals surface area (Å²) in [5.41, 5.74) is -1.40. The fourth-order valence-corrected chi connectivity index (χ4v) is 2.63. The van der Waals surface area contributed by atoms with Gasteiger partial charge in [0, 0.05) is 0 Å². The van der Waals surface area contributed by atoms with Gasteiger partial charge in [-0.15, -0.1) is 0 Å². The fraction of sp³-hybridized carbons (Fsp3) is 0.800. The van der Waals surface area contributed by atoms with Gasteiger partial charge in [0.25, 0.3) is 5.57 Å². The molecular weight excluding hydrogens is 250 g/mol. The minimum atomic E-state index is -4.17. The first-order valence-corrected chi connectivity index (χ1v) is 6.96. The normalized spacial score (nSPS) is 14.1. The smallest absolute Gasteiger partial charge is 0.397 e. The molecule has 0 aliphatic carbocycles. The Labute approximate surface area is 101 Å². The van der Waals surface area contributed by atoms with Crippen molar-refractivity contribution in [3.63, 3.8) is 0 Å². The van der Waals surface area contributed by atoms with Crippen LogP contribution in [0.25, 0.3) is 0 Å². The number of rotatable bonds is 7. The highest BCUT2D eigenvalue weighted by Gasteiger charge is 2.38. The van der Waals surface area contributed by atoms with Crippen molar-refractivity contribution in [1.29, 1.82) is 0 Å². The maximum atomic E-state index is 13.7. The average Bonchev–Trinajstić information content (AvgIpc) is 2.14. The monoisotopic (exact) mass is 270 g/mol. The zero-order valence-corrected chi connectivity index (χ0v) is 11.7. The van der Waals surface area contributed by atoms with Crippen LogP contribution in [0.1, 0.15) is 34.6 Å². The highest BCUT2D eigenvalue weighted by Crippen LogP contribution is 2.59. The Morgan fingerprint density at radius 2 is 1.65 bits per heavy atom. The molecule has 0 aliphatic heterocycles. The van der Waals surface area contributed by atoms with Gasteiger partial charge in [-0.05, 0) is 34.6 Å². The lowest BCUT2D eigenvalue weighted by molar-refractivity contribution is 0.0866. The van der Waals surface area contributed by atoms with Crippen LogP contribution in [0.5, 0.6) is 0 Å². The van der Waals surface area contributed by atoms with Gasteiger partial charge in [-0.25, -0.2) is 0 Å². The molecule has 102 valence electrons. The van der Waals surface area contributed by atoms with Gasteiger partial charge in [0.05, 0.1) is 18.8 Å². The van der Waals surface area contributed by atoms with E-state index in [4.69, 9.17) is 9.05 Å². The molecule has 0 aromatic carbocycles. The van der Waals surface area contributed by atoms with E-state index in [1.54, 1.807) is 34.6 Å². The zero-order chi connectivity index (χ0) is 13.6. The predicted molar refractivity (Wildman–Crippen MR) is 62.4 cm³/mol. The minimum Gasteiger partial charge on any atom is -0.479 e. The minimum absolute atomic E-state index is 0.0443. The van der Waals surface area contributed by atoms with Crippen LogP contribution in [0.3, 0.4) is 0 Å². The van der Waals surface area contributed by atoms with Crippen molar-refractivity contribution < 1.29 is 27.8 Å². The summed E-state index contributed by atoms with van der Waals surface area (Å²) in [6.07, 6.45) is -1.03. The Balaban J connectivity index is 5.17. The van der Waals surface area contributed by atoms with E-state index in [1.807, 2.05) is 0 Å². The fourth-order valence-electron chi connectivity index (χ4n) is 0.986. The summed E-state index contributed by atoms with van der Waals surface area (Å²) < 4.78 is 40.3. The molecule has 0 bridgehead atoms. The first kappa shape index (κ1) is 16.4. The molecule has 0 aromatic heterocycles. The topological polar surface area (TPSA) is 65.0 Å². The number of ether oxygens (including phenoxy) is 1. The second-order valence-electron chi connectivity index (χ2n) is 3.83. The van der Waals surface area contributed by atoms with Crippen molar-refractivity contribution in [3.05, 3.63) is 11.5 Å². The maximum Gasteiger partial charge on any atom is 0.397 e. The van der Waals surface area contributed by atoms with E-state index in [0.717, 1.165) is 0 Å². The van der Waals surface area contributed by atoms with Gasteiger partial charge in [0.15, 0.2) is 0 Å². The second-order valence-corrected chi connectivity index (χ2v) is 5.64. The van der Waals surface area contributed by atoms with E-state index >= 15 is 0 Å². The molecule has 0 aromatic rings. The lowest BCUT2D eigenvalue weighted by Crippen LogP contribution is -2.09. The van der Waals surface area contributed by atoms with E-state index in [1.165, 1.54) is 0 Å². The third-order valence-corrected chi connectivity index (χ3v) is 3.47. The van der Waals surface area contributed by atoms with Crippen LogP contribution in [-0.2, 0) is 18.3 Å². The predicted octanol–water partition coefficient (Wildman–Crippen LogP) is 3.72. The molecule has 0 spiro atoms. The van der Waals surface area contributed by atoms with Crippen LogP contribution in [0, 0.1) is 0 Å². The summed E-state index contributed by atoms with van der Waals surface area (Å²) in [7, 11) is -4.17. The molecule has 0 radical (unpaired) electrons. The molecule has 0 amide bonds. The van der Waals surface area contributed by atoms with Crippen LogP contribution in [-0.4, -0.2) is 23.9 Å². The maximum absolute atomic E-state index is 13.7. The lowest BCUT2D eigenvalue weighted by Gasteiger charge is -2.21. The quantitative estimate of drug-likeness (QED) is 0.564. The van der Waals surface area contributed by atoms with Gasteiger partial charge in [-0.3, -0.25) is 4.57 Å². The summed E-state index contributed by atoms with van der Waals surface area (Å²) in [5.74, 6) is -1.06. The van der Waals surface area contributed by atoms with E-state index in [9.17, 15) is 14.1 Å². The Hall–Kier alpha value is -0.580. The Bertz CT molecular complexity index is 300. The van der Waals surface area contributed by atoms with Crippen molar-refractivity contribution in [2.75, 3.05) is 6.61 Å². The molecule has 0 atom stereocenters. The molecule has 0 rings (SSSR count). The molecule has 5 nitrogen and oxygen atoms in total. The van der Waals surface area contributed by atoms with Crippen LogP contribution >= 0.6 is 7.60 Å². The molecule has 17 heavy (non-hydrogen) atoms. The van der Waals surface area contributed by atoms with E-state index in [2.05, 4.69) is 4.74 Å². The number of hydrogen-bond acceptors (Lipinski definition) is 5. The van der Waals surface area contributed by atoms with E-state index in [0.29, 0.717) is 0 Å². The van der Waals surface area contributed by atoms with E-state index < -0.39 is 31.3 Å². The van der Waals surface area contributed by atoms with E-state index in [-0.39, 0.29) is 6.61 Å². The molecule has 7 heteroatoms. The molecule has 0 heterocycles. The lowest BCUT2D eigenvalue weighted by atomic mass is 10.5. The molecule has 0 saturated heterocycles. The van der Waals surface area contributed by atoms with Crippen LogP contribution < -0.4 is 0 Å². The molecule has 0 fully saturated rings. The number of aliphatic hydroxyl groups is 1. The number of hydrogen-bond donors (Lipinski definition) is 1.